The van der Waals surface area contributed by atoms with Gasteiger partial charge in [0.2, 0.25) is 0 Å². The number of carboxylic acid groups (broad SMARTS) is 1. The summed E-state index contributed by atoms with van der Waals surface area (Å²) in [6, 6.07) is 3.08. The number of carboxylic acids is 1. The zero-order chi connectivity index (χ0) is 13.0. The minimum Gasteiger partial charge on any atom is -0.481 e. The quantitative estimate of drug-likeness (QED) is 0.805. The van der Waals surface area contributed by atoms with Gasteiger partial charge in [0.05, 0.1) is 19.6 Å². The SMILES string of the molecule is NC(CC(=O)O)c1cccnc1N1CCOCC1. The summed E-state index contributed by atoms with van der Waals surface area (Å²) in [5, 5.41) is 8.81. The molecule has 18 heavy (non-hydrogen) atoms. The van der Waals surface area contributed by atoms with E-state index in [0.29, 0.717) is 13.2 Å². The van der Waals surface area contributed by atoms with E-state index in [1.165, 1.54) is 0 Å². The van der Waals surface area contributed by atoms with Gasteiger partial charge in [-0.2, -0.15) is 0 Å². The first-order chi connectivity index (χ1) is 8.68. The highest BCUT2D eigenvalue weighted by Crippen LogP contribution is 2.25. The van der Waals surface area contributed by atoms with Crippen molar-refractivity contribution in [3.8, 4) is 0 Å². The number of nitrogens with two attached hydrogens (primary N) is 1. The lowest BCUT2D eigenvalue weighted by atomic mass is 10.1. The van der Waals surface area contributed by atoms with E-state index in [-0.39, 0.29) is 6.42 Å². The Hall–Kier alpha value is -1.66. The number of hydrogen-bond acceptors (Lipinski definition) is 5. The van der Waals surface area contributed by atoms with Crippen molar-refractivity contribution in [2.45, 2.75) is 12.5 Å². The third kappa shape index (κ3) is 2.96. The van der Waals surface area contributed by atoms with Crippen LogP contribution < -0.4 is 10.6 Å². The Bertz CT molecular complexity index is 419. The Morgan fingerprint density at radius 1 is 1.56 bits per heavy atom. The normalized spacial score (nSPS) is 17.5. The number of nitrogens with zero attached hydrogens (tertiary/aromatic N) is 2. The van der Waals surface area contributed by atoms with Gasteiger partial charge in [0.1, 0.15) is 5.82 Å². The smallest absolute Gasteiger partial charge is 0.305 e. The molecular formula is C12H17N3O3. The Labute approximate surface area is 105 Å². The van der Waals surface area contributed by atoms with Gasteiger partial charge >= 0.3 is 5.97 Å². The van der Waals surface area contributed by atoms with Gasteiger partial charge < -0.3 is 20.5 Å². The predicted octanol–water partition coefficient (Wildman–Crippen LogP) is 0.393. The molecule has 1 aromatic rings. The van der Waals surface area contributed by atoms with Crippen LogP contribution in [0.3, 0.4) is 0 Å². The van der Waals surface area contributed by atoms with Crippen LogP contribution in [-0.2, 0) is 9.53 Å². The maximum Gasteiger partial charge on any atom is 0.305 e. The summed E-state index contributed by atoms with van der Waals surface area (Å²) in [4.78, 5) is 17.1. The number of morpholine rings is 1. The largest absolute Gasteiger partial charge is 0.481 e. The molecule has 6 nitrogen and oxygen atoms in total. The fourth-order valence-electron chi connectivity index (χ4n) is 2.04. The summed E-state index contributed by atoms with van der Waals surface area (Å²) in [5.41, 5.74) is 6.70. The zero-order valence-corrected chi connectivity index (χ0v) is 10.1. The minimum absolute atomic E-state index is 0.0942. The van der Waals surface area contributed by atoms with Crippen LogP contribution in [0.25, 0.3) is 0 Å². The van der Waals surface area contributed by atoms with Gasteiger partial charge in [0.15, 0.2) is 0 Å². The highest BCUT2D eigenvalue weighted by molar-refractivity contribution is 5.68. The van der Waals surface area contributed by atoms with Gasteiger partial charge in [-0.3, -0.25) is 4.79 Å². The monoisotopic (exact) mass is 251 g/mol. The van der Waals surface area contributed by atoms with Crippen LogP contribution in [0.1, 0.15) is 18.0 Å². The molecule has 1 aromatic heterocycles. The molecular weight excluding hydrogens is 234 g/mol. The fraction of sp³-hybridized carbons (Fsp3) is 0.500. The fourth-order valence-corrected chi connectivity index (χ4v) is 2.04. The van der Waals surface area contributed by atoms with Crippen molar-refractivity contribution >= 4 is 11.8 Å². The Balaban J connectivity index is 2.21. The third-order valence-corrected chi connectivity index (χ3v) is 2.92. The first-order valence-corrected chi connectivity index (χ1v) is 5.93. The summed E-state index contributed by atoms with van der Waals surface area (Å²) in [6.07, 6.45) is 1.60. The van der Waals surface area contributed by atoms with Crippen LogP contribution in [0.4, 0.5) is 5.82 Å². The molecule has 0 aliphatic carbocycles. The lowest BCUT2D eigenvalue weighted by Crippen LogP contribution is -2.38. The maximum atomic E-state index is 10.7. The van der Waals surface area contributed by atoms with E-state index < -0.39 is 12.0 Å². The molecule has 0 aromatic carbocycles. The molecule has 2 heterocycles. The second-order valence-corrected chi connectivity index (χ2v) is 4.22. The topological polar surface area (TPSA) is 88.7 Å². The molecule has 0 bridgehead atoms. The van der Waals surface area contributed by atoms with Gasteiger partial charge in [-0.1, -0.05) is 6.07 Å². The average Bonchev–Trinajstić information content (AvgIpc) is 2.39. The number of anilines is 1. The van der Waals surface area contributed by atoms with Crippen LogP contribution >= 0.6 is 0 Å². The number of aromatic nitrogens is 1. The molecule has 1 atom stereocenters. The van der Waals surface area contributed by atoms with Gasteiger partial charge in [0, 0.05) is 30.9 Å². The van der Waals surface area contributed by atoms with E-state index in [1.54, 1.807) is 12.3 Å². The lowest BCUT2D eigenvalue weighted by molar-refractivity contribution is -0.137. The second kappa shape index (κ2) is 5.79. The number of rotatable bonds is 4. The standard InChI is InChI=1S/C12H17N3O3/c13-10(8-11(16)17)9-2-1-3-14-12(9)15-4-6-18-7-5-15/h1-3,10H,4-8,13H2,(H,16,17). The molecule has 0 spiro atoms. The highest BCUT2D eigenvalue weighted by Gasteiger charge is 2.20. The van der Waals surface area contributed by atoms with Gasteiger partial charge in [-0.25, -0.2) is 4.98 Å². The summed E-state index contributed by atoms with van der Waals surface area (Å²) in [6.45, 7) is 2.82. The van der Waals surface area contributed by atoms with Gasteiger partial charge in [0.25, 0.3) is 0 Å². The number of hydrogen-bond donors (Lipinski definition) is 2. The van der Waals surface area contributed by atoms with Crippen molar-refractivity contribution in [2.24, 2.45) is 5.73 Å². The number of ether oxygens (including phenoxy) is 1. The van der Waals surface area contributed by atoms with E-state index in [4.69, 9.17) is 15.6 Å². The molecule has 1 saturated heterocycles. The second-order valence-electron chi connectivity index (χ2n) is 4.22. The van der Waals surface area contributed by atoms with Crippen molar-refractivity contribution in [1.29, 1.82) is 0 Å². The highest BCUT2D eigenvalue weighted by atomic mass is 16.5. The number of aliphatic carboxylic acids is 1. The van der Waals surface area contributed by atoms with Crippen LogP contribution in [0, 0.1) is 0 Å². The first kappa shape index (κ1) is 12.8. The predicted molar refractivity (Wildman–Crippen MR) is 66.5 cm³/mol. The first-order valence-electron chi connectivity index (χ1n) is 5.93. The van der Waals surface area contributed by atoms with E-state index >= 15 is 0 Å². The minimum atomic E-state index is -0.903. The number of pyridine rings is 1. The van der Waals surface area contributed by atoms with Crippen LogP contribution in [0.15, 0.2) is 18.3 Å². The molecule has 1 aliphatic heterocycles. The molecule has 6 heteroatoms. The van der Waals surface area contributed by atoms with E-state index in [0.717, 1.165) is 24.5 Å². The molecule has 1 aliphatic rings. The van der Waals surface area contributed by atoms with Crippen LogP contribution in [-0.4, -0.2) is 42.4 Å². The molecule has 0 radical (unpaired) electrons. The maximum absolute atomic E-state index is 10.7. The Morgan fingerprint density at radius 3 is 2.94 bits per heavy atom. The molecule has 1 unspecified atom stereocenters. The Morgan fingerprint density at radius 2 is 2.28 bits per heavy atom. The van der Waals surface area contributed by atoms with Crippen molar-refractivity contribution < 1.29 is 14.6 Å². The molecule has 3 N–H and O–H groups in total. The average molecular weight is 251 g/mol. The molecule has 0 saturated carbocycles. The van der Waals surface area contributed by atoms with Crippen molar-refractivity contribution in [3.63, 3.8) is 0 Å². The summed E-state index contributed by atoms with van der Waals surface area (Å²) < 4.78 is 5.29. The number of carbonyl (C=O) groups is 1. The summed E-state index contributed by atoms with van der Waals surface area (Å²) in [7, 11) is 0. The molecule has 98 valence electrons. The van der Waals surface area contributed by atoms with Crippen molar-refractivity contribution in [2.75, 3.05) is 31.2 Å². The van der Waals surface area contributed by atoms with E-state index in [9.17, 15) is 4.79 Å². The molecule has 2 rings (SSSR count). The van der Waals surface area contributed by atoms with Gasteiger partial charge in [-0.15, -0.1) is 0 Å². The van der Waals surface area contributed by atoms with Gasteiger partial charge in [-0.05, 0) is 6.07 Å². The molecule has 1 fully saturated rings. The third-order valence-electron chi connectivity index (χ3n) is 2.92. The van der Waals surface area contributed by atoms with Crippen LogP contribution in [0.5, 0.6) is 0 Å². The lowest BCUT2D eigenvalue weighted by Gasteiger charge is -2.30. The van der Waals surface area contributed by atoms with E-state index in [2.05, 4.69) is 9.88 Å². The van der Waals surface area contributed by atoms with E-state index in [1.807, 2.05) is 6.07 Å². The Kier molecular flexibility index (Phi) is 4.11. The van der Waals surface area contributed by atoms with Crippen LogP contribution in [0.2, 0.25) is 0 Å². The van der Waals surface area contributed by atoms with Crippen molar-refractivity contribution in [3.05, 3.63) is 23.9 Å². The van der Waals surface area contributed by atoms with Crippen molar-refractivity contribution in [1.82, 2.24) is 4.98 Å². The summed E-state index contributed by atoms with van der Waals surface area (Å²) >= 11 is 0. The summed E-state index contributed by atoms with van der Waals surface area (Å²) in [5.74, 6) is -0.131. The molecule has 0 amide bonds. The zero-order valence-electron chi connectivity index (χ0n) is 10.1.